The Kier molecular flexibility index (Phi) is 7.55. The second kappa shape index (κ2) is 13.0. The number of aromatic nitrogens is 2. The molecule has 0 aliphatic heterocycles. The fourth-order valence-corrected chi connectivity index (χ4v) is 9.13. The minimum absolute atomic E-state index is 0.143. The van der Waals surface area contributed by atoms with Gasteiger partial charge in [0.1, 0.15) is 0 Å². The molecule has 1 aromatic heterocycles. The number of hydrogen-bond acceptors (Lipinski definition) is 2. The molecule has 0 unspecified atom stereocenters. The van der Waals surface area contributed by atoms with E-state index in [1.165, 1.54) is 76.8 Å². The Bertz CT molecular complexity index is 3200. The lowest BCUT2D eigenvalue weighted by Crippen LogP contribution is -2.14. The van der Waals surface area contributed by atoms with Crippen LogP contribution in [0.2, 0.25) is 0 Å². The molecule has 0 bridgehead atoms. The van der Waals surface area contributed by atoms with Crippen molar-refractivity contribution in [2.75, 3.05) is 0 Å². The van der Waals surface area contributed by atoms with E-state index in [2.05, 4.69) is 202 Å². The highest BCUT2D eigenvalue weighted by Gasteiger charge is 2.37. The zero-order valence-electron chi connectivity index (χ0n) is 31.9. The minimum Gasteiger partial charge on any atom is -0.228 e. The van der Waals surface area contributed by atoms with Crippen molar-refractivity contribution < 1.29 is 0 Å². The van der Waals surface area contributed by atoms with Crippen molar-refractivity contribution in [3.8, 4) is 67.3 Å². The lowest BCUT2D eigenvalue weighted by molar-refractivity contribution is 0.661. The summed E-state index contributed by atoms with van der Waals surface area (Å²) >= 11 is 0. The van der Waals surface area contributed by atoms with Crippen LogP contribution in [0, 0.1) is 0 Å². The monoisotopic (exact) mass is 726 g/mol. The molecule has 0 saturated carbocycles. The van der Waals surface area contributed by atoms with Crippen molar-refractivity contribution in [3.63, 3.8) is 0 Å². The molecule has 0 radical (unpaired) electrons. The van der Waals surface area contributed by atoms with Gasteiger partial charge in [0.25, 0.3) is 0 Å². The smallest absolute Gasteiger partial charge is 0.160 e. The van der Waals surface area contributed by atoms with Gasteiger partial charge in [0.15, 0.2) is 5.82 Å². The van der Waals surface area contributed by atoms with Gasteiger partial charge in [-0.25, -0.2) is 9.97 Å². The van der Waals surface area contributed by atoms with Crippen molar-refractivity contribution in [2.45, 2.75) is 19.3 Å². The topological polar surface area (TPSA) is 25.8 Å². The van der Waals surface area contributed by atoms with E-state index >= 15 is 0 Å². The van der Waals surface area contributed by atoms with Crippen LogP contribution in [0.1, 0.15) is 25.0 Å². The minimum atomic E-state index is -0.143. The number of benzene rings is 9. The van der Waals surface area contributed by atoms with E-state index in [4.69, 9.17) is 9.97 Å². The zero-order valence-corrected chi connectivity index (χ0v) is 31.9. The predicted octanol–water partition coefficient (Wildman–Crippen LogP) is 14.6. The highest BCUT2D eigenvalue weighted by molar-refractivity contribution is 6.06. The lowest BCUT2D eigenvalue weighted by atomic mass is 9.81. The number of hydrogen-bond donors (Lipinski definition) is 0. The third-order valence-corrected chi connectivity index (χ3v) is 12.1. The average Bonchev–Trinajstić information content (AvgIpc) is 3.50. The van der Waals surface area contributed by atoms with Gasteiger partial charge >= 0.3 is 0 Å². The highest BCUT2D eigenvalue weighted by Crippen LogP contribution is 2.53. The molecular formula is C55H38N2. The van der Waals surface area contributed by atoms with Gasteiger partial charge in [-0.15, -0.1) is 0 Å². The normalized spacial score (nSPS) is 12.9. The van der Waals surface area contributed by atoms with Gasteiger partial charge in [-0.2, -0.15) is 0 Å². The summed E-state index contributed by atoms with van der Waals surface area (Å²) in [7, 11) is 0. The molecule has 11 rings (SSSR count). The summed E-state index contributed by atoms with van der Waals surface area (Å²) in [4.78, 5) is 10.5. The molecular weight excluding hydrogens is 689 g/mol. The molecule has 0 spiro atoms. The van der Waals surface area contributed by atoms with Crippen LogP contribution in [0.4, 0.5) is 0 Å². The van der Waals surface area contributed by atoms with Crippen LogP contribution in [-0.2, 0) is 5.41 Å². The molecule has 0 fully saturated rings. The van der Waals surface area contributed by atoms with Crippen LogP contribution in [0.3, 0.4) is 0 Å². The molecule has 1 aliphatic carbocycles. The molecule has 0 saturated heterocycles. The first-order valence-electron chi connectivity index (χ1n) is 19.7. The van der Waals surface area contributed by atoms with Gasteiger partial charge in [-0.3, -0.25) is 0 Å². The van der Waals surface area contributed by atoms with E-state index in [0.717, 1.165) is 33.9 Å². The fraction of sp³-hybridized carbons (Fsp3) is 0.0545. The predicted molar refractivity (Wildman–Crippen MR) is 239 cm³/mol. The molecule has 268 valence electrons. The molecule has 9 aromatic carbocycles. The van der Waals surface area contributed by atoms with Gasteiger partial charge < -0.3 is 0 Å². The summed E-state index contributed by atoms with van der Waals surface area (Å²) < 4.78 is 0. The summed E-state index contributed by atoms with van der Waals surface area (Å²) in [6.45, 7) is 4.69. The quantitative estimate of drug-likeness (QED) is 0.176. The molecule has 10 aromatic rings. The van der Waals surface area contributed by atoms with Crippen molar-refractivity contribution in [1.82, 2.24) is 9.97 Å². The Hall–Kier alpha value is -7.16. The maximum Gasteiger partial charge on any atom is 0.160 e. The molecule has 0 amide bonds. The maximum atomic E-state index is 5.31. The Morgan fingerprint density at radius 2 is 0.895 bits per heavy atom. The first kappa shape index (κ1) is 33.2. The van der Waals surface area contributed by atoms with Gasteiger partial charge in [-0.1, -0.05) is 178 Å². The standard InChI is InChI=1S/C55H38N2/c1-55(2)49-23-13-22-47(53(49)48-32-37-18-9-10-19-38(37)33-50(48)55)52-34-51(56-54(57-52)36-16-7-4-8-17-36)42-27-25-39-30-41(26-24-40(39)31-42)44-29-28-43(35-14-5-3-6-15-35)45-20-11-12-21-46(44)45/h3-34H,1-2H3. The van der Waals surface area contributed by atoms with E-state index < -0.39 is 0 Å². The second-order valence-electron chi connectivity index (χ2n) is 15.8. The van der Waals surface area contributed by atoms with Crippen molar-refractivity contribution in [1.29, 1.82) is 0 Å². The number of nitrogens with zero attached hydrogens (tertiary/aromatic N) is 2. The molecule has 2 nitrogen and oxygen atoms in total. The van der Waals surface area contributed by atoms with Gasteiger partial charge in [0.05, 0.1) is 11.4 Å². The molecule has 2 heteroatoms. The van der Waals surface area contributed by atoms with E-state index in [1.54, 1.807) is 0 Å². The number of rotatable bonds is 5. The van der Waals surface area contributed by atoms with Crippen LogP contribution in [0.5, 0.6) is 0 Å². The van der Waals surface area contributed by atoms with Crippen molar-refractivity contribution >= 4 is 32.3 Å². The summed E-state index contributed by atoms with van der Waals surface area (Å²) in [6.07, 6.45) is 0. The summed E-state index contributed by atoms with van der Waals surface area (Å²) in [6, 6.07) is 70.2. The zero-order chi connectivity index (χ0) is 38.1. The molecule has 1 heterocycles. The van der Waals surface area contributed by atoms with Crippen LogP contribution in [0.15, 0.2) is 194 Å². The van der Waals surface area contributed by atoms with Gasteiger partial charge in [0, 0.05) is 22.1 Å². The Morgan fingerprint density at radius 1 is 0.333 bits per heavy atom. The van der Waals surface area contributed by atoms with E-state index in [0.29, 0.717) is 0 Å². The summed E-state index contributed by atoms with van der Waals surface area (Å²) in [5.41, 5.74) is 15.0. The van der Waals surface area contributed by atoms with Crippen LogP contribution in [0.25, 0.3) is 99.6 Å². The Balaban J connectivity index is 1.04. The van der Waals surface area contributed by atoms with Crippen LogP contribution >= 0.6 is 0 Å². The first-order valence-corrected chi connectivity index (χ1v) is 19.7. The van der Waals surface area contributed by atoms with E-state index in [1.807, 2.05) is 6.07 Å². The molecule has 57 heavy (non-hydrogen) atoms. The lowest BCUT2D eigenvalue weighted by Gasteiger charge is -2.22. The summed E-state index contributed by atoms with van der Waals surface area (Å²) in [5, 5.41) is 7.40. The number of fused-ring (bicyclic) bond motifs is 6. The Labute approximate surface area is 332 Å². The van der Waals surface area contributed by atoms with Gasteiger partial charge in [0.2, 0.25) is 0 Å². The van der Waals surface area contributed by atoms with Crippen LogP contribution < -0.4 is 0 Å². The summed E-state index contributed by atoms with van der Waals surface area (Å²) in [5.74, 6) is 0.720. The molecule has 1 aliphatic rings. The SMILES string of the molecule is CC1(C)c2cc3ccccc3cc2-c2c(-c3cc(-c4ccc5cc(-c6ccc(-c7ccccc7)c7ccccc67)ccc5c4)nc(-c4ccccc4)n3)cccc21. The third-order valence-electron chi connectivity index (χ3n) is 12.1. The third kappa shape index (κ3) is 5.48. The molecule has 0 atom stereocenters. The van der Waals surface area contributed by atoms with Gasteiger partial charge in [-0.05, 0) is 107 Å². The van der Waals surface area contributed by atoms with Crippen molar-refractivity contribution in [3.05, 3.63) is 205 Å². The first-order chi connectivity index (χ1) is 28.0. The van der Waals surface area contributed by atoms with E-state index in [9.17, 15) is 0 Å². The maximum absolute atomic E-state index is 5.31. The fourth-order valence-electron chi connectivity index (χ4n) is 9.13. The Morgan fingerprint density at radius 3 is 1.61 bits per heavy atom. The molecule has 0 N–H and O–H groups in total. The van der Waals surface area contributed by atoms with Crippen molar-refractivity contribution in [2.24, 2.45) is 0 Å². The van der Waals surface area contributed by atoms with Crippen LogP contribution in [-0.4, -0.2) is 9.97 Å². The second-order valence-corrected chi connectivity index (χ2v) is 15.8. The van der Waals surface area contributed by atoms with E-state index in [-0.39, 0.29) is 5.41 Å². The average molecular weight is 727 g/mol. The largest absolute Gasteiger partial charge is 0.228 e. The highest BCUT2D eigenvalue weighted by atomic mass is 14.9.